The lowest BCUT2D eigenvalue weighted by Gasteiger charge is -2.19. The smallest absolute Gasteiger partial charge is 0.277 e. The Labute approximate surface area is 152 Å². The molecule has 0 bridgehead atoms. The van der Waals surface area contributed by atoms with Gasteiger partial charge in [0.05, 0.1) is 19.8 Å². The quantitative estimate of drug-likeness (QED) is 0.558. The summed E-state index contributed by atoms with van der Waals surface area (Å²) in [5, 5.41) is 4.24. The zero-order valence-electron chi connectivity index (χ0n) is 15.4. The van der Waals surface area contributed by atoms with Crippen LogP contribution in [0.1, 0.15) is 29.8 Å². The number of nitrogens with zero attached hydrogens (tertiary/aromatic N) is 1. The lowest BCUT2D eigenvalue weighted by atomic mass is 10.0. The Bertz CT molecular complexity index is 996. The molecule has 1 aromatic heterocycles. The Morgan fingerprint density at radius 3 is 2.46 bits per heavy atom. The molecule has 0 spiro atoms. The fourth-order valence-electron chi connectivity index (χ4n) is 2.46. The predicted molar refractivity (Wildman–Crippen MR) is 103 cm³/mol. The molecule has 0 saturated carbocycles. The van der Waals surface area contributed by atoms with Crippen molar-refractivity contribution >= 4 is 26.5 Å². The number of aromatic amines is 1. The van der Waals surface area contributed by atoms with Gasteiger partial charge in [-0.3, -0.25) is 14.3 Å². The predicted octanol–water partition coefficient (Wildman–Crippen LogP) is 1.41. The van der Waals surface area contributed by atoms with Gasteiger partial charge < -0.3 is 19.3 Å². The van der Waals surface area contributed by atoms with Crippen molar-refractivity contribution in [3.63, 3.8) is 0 Å². The molecule has 2 aromatic rings. The number of H-pyrrole nitrogens is 1. The summed E-state index contributed by atoms with van der Waals surface area (Å²) in [4.78, 5) is 24.9. The van der Waals surface area contributed by atoms with E-state index in [0.717, 1.165) is 0 Å². The molecule has 0 saturated heterocycles. The fourth-order valence-corrected chi connectivity index (χ4v) is 3.60. The first kappa shape index (κ1) is 19.6. The van der Waals surface area contributed by atoms with E-state index in [1.165, 1.54) is 38.2 Å². The highest BCUT2D eigenvalue weighted by Crippen LogP contribution is 2.39. The maximum atomic E-state index is 12.9. The van der Waals surface area contributed by atoms with Crippen LogP contribution in [0.2, 0.25) is 0 Å². The third-order valence-electron chi connectivity index (χ3n) is 4.05. The van der Waals surface area contributed by atoms with Gasteiger partial charge in [-0.15, -0.1) is 0 Å². The molecule has 2 N–H and O–H groups in total. The molecule has 0 radical (unpaired) electrons. The Morgan fingerprint density at radius 2 is 2.00 bits per heavy atom. The van der Waals surface area contributed by atoms with Crippen LogP contribution < -0.4 is 19.8 Å². The van der Waals surface area contributed by atoms with Gasteiger partial charge in [0.2, 0.25) is 5.78 Å². The molecule has 0 aliphatic rings. The second-order valence-corrected chi connectivity index (χ2v) is 8.16. The van der Waals surface area contributed by atoms with Gasteiger partial charge in [-0.2, -0.15) is 0 Å². The van der Waals surface area contributed by atoms with E-state index >= 15 is 0 Å². The van der Waals surface area contributed by atoms with Crippen LogP contribution in [0.3, 0.4) is 0 Å². The minimum atomic E-state index is -2.51. The number of carbonyl (C=O) groups is 1. The SMILES string of the molecule is CC=S(=O)(CC)Nc1c(OC)ccc(C(=O)c2c[nH]n(C)c2=O)c1OC. The average molecular weight is 381 g/mol. The molecular weight excluding hydrogens is 358 g/mol. The Balaban J connectivity index is 2.68. The van der Waals surface area contributed by atoms with Gasteiger partial charge in [-0.1, -0.05) is 6.92 Å². The number of carbonyl (C=O) groups excluding carboxylic acids is 1. The molecule has 1 heterocycles. The van der Waals surface area contributed by atoms with Gasteiger partial charge in [-0.05, 0) is 24.4 Å². The van der Waals surface area contributed by atoms with Crippen molar-refractivity contribution in [3.8, 4) is 11.5 Å². The lowest BCUT2D eigenvalue weighted by Crippen LogP contribution is -2.21. The maximum Gasteiger partial charge on any atom is 0.277 e. The van der Waals surface area contributed by atoms with E-state index in [4.69, 9.17) is 9.47 Å². The highest BCUT2D eigenvalue weighted by molar-refractivity contribution is 8.02. The lowest BCUT2D eigenvalue weighted by molar-refractivity contribution is 0.103. The van der Waals surface area contributed by atoms with Crippen molar-refractivity contribution in [2.24, 2.45) is 7.05 Å². The number of nitrogens with one attached hydrogen (secondary N) is 2. The van der Waals surface area contributed by atoms with Gasteiger partial charge in [0.25, 0.3) is 5.56 Å². The standard InChI is InChI=1S/C17H23N3O5S/c1-6-26(23,7-2)19-14-13(24-4)9-8-11(16(14)25-5)15(21)12-10-18-20(3)17(12)22/h6,8-10,18H,7H2,1-5H3,(H,19,23). The van der Waals surface area contributed by atoms with Gasteiger partial charge in [-0.25, -0.2) is 4.21 Å². The molecule has 1 atom stereocenters. The monoisotopic (exact) mass is 381 g/mol. The Kier molecular flexibility index (Phi) is 5.81. The molecule has 0 amide bonds. The van der Waals surface area contributed by atoms with Crippen molar-refractivity contribution in [1.29, 1.82) is 0 Å². The van der Waals surface area contributed by atoms with Crippen molar-refractivity contribution < 1.29 is 18.5 Å². The molecule has 9 heteroatoms. The summed E-state index contributed by atoms with van der Waals surface area (Å²) in [6.07, 6.45) is 1.34. The van der Waals surface area contributed by atoms with E-state index in [-0.39, 0.29) is 16.9 Å². The summed E-state index contributed by atoms with van der Waals surface area (Å²) < 4.78 is 27.7. The second kappa shape index (κ2) is 7.69. The number of methoxy groups -OCH3 is 2. The van der Waals surface area contributed by atoms with Crippen LogP contribution in [0.25, 0.3) is 0 Å². The van der Waals surface area contributed by atoms with Crippen molar-refractivity contribution in [2.75, 3.05) is 24.7 Å². The number of benzene rings is 1. The summed E-state index contributed by atoms with van der Waals surface area (Å²) >= 11 is 0. The fraction of sp³-hybridized carbons (Fsp3) is 0.353. The van der Waals surface area contributed by atoms with E-state index in [9.17, 15) is 13.8 Å². The third-order valence-corrected chi connectivity index (χ3v) is 6.22. The van der Waals surface area contributed by atoms with E-state index in [1.807, 2.05) is 0 Å². The third kappa shape index (κ3) is 3.48. The van der Waals surface area contributed by atoms with E-state index in [1.54, 1.807) is 25.3 Å². The van der Waals surface area contributed by atoms with Crippen LogP contribution in [0, 0.1) is 0 Å². The first-order chi connectivity index (χ1) is 12.3. The topological polar surface area (TPSA) is 102 Å². The average Bonchev–Trinajstić information content (AvgIpc) is 2.99. The number of anilines is 1. The van der Waals surface area contributed by atoms with Crippen molar-refractivity contribution in [2.45, 2.75) is 13.8 Å². The largest absolute Gasteiger partial charge is 0.494 e. The second-order valence-electron chi connectivity index (χ2n) is 5.46. The minimum Gasteiger partial charge on any atom is -0.494 e. The number of rotatable bonds is 7. The summed E-state index contributed by atoms with van der Waals surface area (Å²) in [5.41, 5.74) is 0.0152. The summed E-state index contributed by atoms with van der Waals surface area (Å²) in [6, 6.07) is 3.08. The van der Waals surface area contributed by atoms with Gasteiger partial charge >= 0.3 is 0 Å². The normalized spacial score (nSPS) is 13.0. The van der Waals surface area contributed by atoms with E-state index < -0.39 is 21.1 Å². The molecule has 0 aliphatic carbocycles. The molecule has 2 rings (SSSR count). The molecule has 1 aromatic carbocycles. The van der Waals surface area contributed by atoms with E-state index in [0.29, 0.717) is 17.2 Å². The Morgan fingerprint density at radius 1 is 1.31 bits per heavy atom. The highest BCUT2D eigenvalue weighted by atomic mass is 32.2. The van der Waals surface area contributed by atoms with Gasteiger partial charge in [0.15, 0.2) is 5.75 Å². The molecule has 8 nitrogen and oxygen atoms in total. The summed E-state index contributed by atoms with van der Waals surface area (Å²) in [7, 11) is 1.87. The minimum absolute atomic E-state index is 0.0137. The van der Waals surface area contributed by atoms with Crippen molar-refractivity contribution in [1.82, 2.24) is 9.78 Å². The first-order valence-corrected chi connectivity index (χ1v) is 9.74. The van der Waals surface area contributed by atoms with E-state index in [2.05, 4.69) is 9.82 Å². The number of aryl methyl sites for hydroxylation is 1. The highest BCUT2D eigenvalue weighted by Gasteiger charge is 2.24. The molecule has 1 unspecified atom stereocenters. The number of ether oxygens (including phenoxy) is 2. The van der Waals surface area contributed by atoms with Crippen LogP contribution in [0.15, 0.2) is 23.1 Å². The van der Waals surface area contributed by atoms with Gasteiger partial charge in [0.1, 0.15) is 17.0 Å². The molecular formula is C17H23N3O5S. The van der Waals surface area contributed by atoms with Crippen molar-refractivity contribution in [3.05, 3.63) is 39.8 Å². The van der Waals surface area contributed by atoms with Gasteiger partial charge in [0, 0.05) is 28.7 Å². The number of hydrogen-bond donors (Lipinski definition) is 2. The molecule has 142 valence electrons. The van der Waals surface area contributed by atoms with Crippen LogP contribution in [0.5, 0.6) is 11.5 Å². The van der Waals surface area contributed by atoms with Crippen LogP contribution >= 0.6 is 0 Å². The molecule has 26 heavy (non-hydrogen) atoms. The van der Waals surface area contributed by atoms with Crippen LogP contribution in [-0.2, 0) is 16.8 Å². The summed E-state index contributed by atoms with van der Waals surface area (Å²) in [6.45, 7) is 3.48. The summed E-state index contributed by atoms with van der Waals surface area (Å²) in [5.74, 6) is 0.397. The van der Waals surface area contributed by atoms with Crippen LogP contribution in [-0.4, -0.2) is 45.1 Å². The first-order valence-electron chi connectivity index (χ1n) is 7.95. The molecule has 0 aliphatic heterocycles. The van der Waals surface area contributed by atoms with Crippen LogP contribution in [0.4, 0.5) is 5.69 Å². The number of ketones is 1. The Hall–Kier alpha value is -2.68. The molecule has 0 fully saturated rings. The number of hydrogen-bond acceptors (Lipinski definition) is 5. The zero-order chi connectivity index (χ0) is 19.5. The number of aromatic nitrogens is 2. The zero-order valence-corrected chi connectivity index (χ0v) is 16.2. The maximum absolute atomic E-state index is 12.9.